The van der Waals surface area contributed by atoms with Crippen molar-refractivity contribution in [1.29, 1.82) is 0 Å². The number of nitrogens with zero attached hydrogens (tertiary/aromatic N) is 1. The summed E-state index contributed by atoms with van der Waals surface area (Å²) in [4.78, 5) is 13.1. The Labute approximate surface area is 199 Å². The van der Waals surface area contributed by atoms with E-state index >= 15 is 0 Å². The summed E-state index contributed by atoms with van der Waals surface area (Å²) in [5, 5.41) is 11.0. The molecule has 0 aliphatic carbocycles. The zero-order chi connectivity index (χ0) is 21.4. The average Bonchev–Trinajstić information content (AvgIpc) is 2.70. The maximum Gasteiger partial charge on any atom is 1.00 e. The molecule has 0 radical (unpaired) electrons. The fourth-order valence-electron chi connectivity index (χ4n) is 3.47. The van der Waals surface area contributed by atoms with Crippen LogP contribution in [0.5, 0.6) is 0 Å². The Morgan fingerprint density at radius 3 is 1.37 bits per heavy atom. The van der Waals surface area contributed by atoms with Crippen LogP contribution in [0.4, 0.5) is 0 Å². The van der Waals surface area contributed by atoms with E-state index in [0.29, 0.717) is 0 Å². The maximum atomic E-state index is 11.0. The van der Waals surface area contributed by atoms with E-state index in [1.807, 2.05) is 0 Å². The van der Waals surface area contributed by atoms with Crippen molar-refractivity contribution in [3.8, 4) is 0 Å². The minimum atomic E-state index is -0.945. The quantitative estimate of drug-likeness (QED) is 0.155. The van der Waals surface area contributed by atoms with Crippen LogP contribution >= 0.6 is 0 Å². The number of aliphatic carboxylic acids is 1. The summed E-state index contributed by atoms with van der Waals surface area (Å²) in [5.41, 5.74) is 0. The molecule has 4 heteroatoms. The van der Waals surface area contributed by atoms with Crippen molar-refractivity contribution in [1.82, 2.24) is 4.90 Å². The summed E-state index contributed by atoms with van der Waals surface area (Å²) in [6.07, 6.45) is 28.7. The first kappa shape index (κ1) is 31.7. The van der Waals surface area contributed by atoms with E-state index in [2.05, 4.69) is 43.1 Å². The average molecular weight is 414 g/mol. The largest absolute Gasteiger partial charge is 1.00 e. The molecule has 0 aliphatic rings. The molecule has 0 spiro atoms. The Morgan fingerprint density at radius 1 is 0.633 bits per heavy atom. The van der Waals surface area contributed by atoms with Crippen molar-refractivity contribution in [3.05, 3.63) is 24.3 Å². The summed E-state index contributed by atoms with van der Waals surface area (Å²) < 4.78 is 0. The molecule has 3 nitrogen and oxygen atoms in total. The minimum absolute atomic E-state index is 0. The Bertz CT molecular complexity index is 380. The minimum Gasteiger partial charge on any atom is -0.549 e. The number of carbonyl (C=O) groups excluding carboxylic acids is 1. The second kappa shape index (κ2) is 26.5. The van der Waals surface area contributed by atoms with Gasteiger partial charge in [0.05, 0.1) is 5.97 Å². The van der Waals surface area contributed by atoms with Gasteiger partial charge in [0.2, 0.25) is 0 Å². The Kier molecular flexibility index (Phi) is 28.0. The van der Waals surface area contributed by atoms with E-state index in [-0.39, 0.29) is 25.4 Å². The molecule has 0 bridgehead atoms. The standard InChI is InChI=1S/C26H49NO2.Li/c1-3-5-7-9-11-13-15-17-19-21-23-27(25-26(28)29)24-22-20-18-16-14-12-10-8-6-4-2;/h9-12H,3-8,13-25H2,1-2H3,(H,28,29);/q;+1/p-1/b11-9+,12-10+;. The molecule has 0 amide bonds. The summed E-state index contributed by atoms with van der Waals surface area (Å²) in [6.45, 7) is 6.32. The van der Waals surface area contributed by atoms with Gasteiger partial charge in [-0.25, -0.2) is 0 Å². The molecule has 0 aliphatic heterocycles. The third kappa shape index (κ3) is 25.5. The fourth-order valence-corrected chi connectivity index (χ4v) is 3.47. The molecule has 0 aromatic carbocycles. The summed E-state index contributed by atoms with van der Waals surface area (Å²) in [6, 6.07) is 0. The number of hydrogen-bond acceptors (Lipinski definition) is 3. The number of carboxylic acid groups (broad SMARTS) is 1. The van der Waals surface area contributed by atoms with Crippen LogP contribution in [0.1, 0.15) is 117 Å². The van der Waals surface area contributed by atoms with Gasteiger partial charge in [-0.1, -0.05) is 89.5 Å². The molecule has 0 aromatic heterocycles. The first-order valence-corrected chi connectivity index (χ1v) is 12.4. The normalized spacial score (nSPS) is 11.6. The van der Waals surface area contributed by atoms with Crippen LogP contribution < -0.4 is 24.0 Å². The van der Waals surface area contributed by atoms with E-state index in [1.54, 1.807) is 0 Å². The van der Waals surface area contributed by atoms with Crippen molar-refractivity contribution in [3.63, 3.8) is 0 Å². The molecule has 170 valence electrons. The van der Waals surface area contributed by atoms with Gasteiger partial charge in [0, 0.05) is 6.54 Å². The Hall–Kier alpha value is -0.493. The van der Waals surface area contributed by atoms with Crippen LogP contribution in [0, 0.1) is 0 Å². The van der Waals surface area contributed by atoms with Gasteiger partial charge in [-0.15, -0.1) is 0 Å². The molecule has 0 saturated carbocycles. The second-order valence-electron chi connectivity index (χ2n) is 8.28. The van der Waals surface area contributed by atoms with Crippen LogP contribution in [0.15, 0.2) is 24.3 Å². The van der Waals surface area contributed by atoms with Crippen LogP contribution in [0.3, 0.4) is 0 Å². The molecular formula is C26H48LiNO2. The van der Waals surface area contributed by atoms with Gasteiger partial charge in [-0.3, -0.25) is 4.90 Å². The van der Waals surface area contributed by atoms with E-state index in [0.717, 1.165) is 25.9 Å². The van der Waals surface area contributed by atoms with Gasteiger partial charge in [0.15, 0.2) is 0 Å². The van der Waals surface area contributed by atoms with E-state index in [4.69, 9.17) is 0 Å². The molecule has 0 N–H and O–H groups in total. The second-order valence-corrected chi connectivity index (χ2v) is 8.28. The molecule has 0 saturated heterocycles. The summed E-state index contributed by atoms with van der Waals surface area (Å²) in [5.74, 6) is -0.945. The van der Waals surface area contributed by atoms with Gasteiger partial charge in [0.1, 0.15) is 0 Å². The molecule has 0 atom stereocenters. The molecule has 0 aromatic rings. The van der Waals surface area contributed by atoms with Gasteiger partial charge in [-0.2, -0.15) is 0 Å². The Morgan fingerprint density at radius 2 is 1.00 bits per heavy atom. The third-order valence-electron chi connectivity index (χ3n) is 5.32. The maximum absolute atomic E-state index is 11.0. The van der Waals surface area contributed by atoms with E-state index in [1.165, 1.54) is 89.9 Å². The molecule has 0 fully saturated rings. The number of carboxylic acids is 1. The molecule has 0 unspecified atom stereocenters. The fraction of sp³-hybridized carbons (Fsp3) is 0.808. The van der Waals surface area contributed by atoms with Crippen LogP contribution in [-0.2, 0) is 4.79 Å². The van der Waals surface area contributed by atoms with Crippen molar-refractivity contribution in [2.24, 2.45) is 0 Å². The molecule has 0 rings (SSSR count). The predicted molar refractivity (Wildman–Crippen MR) is 125 cm³/mol. The first-order valence-electron chi connectivity index (χ1n) is 12.4. The predicted octanol–water partition coefficient (Wildman–Crippen LogP) is 3.44. The van der Waals surface area contributed by atoms with Crippen molar-refractivity contribution >= 4 is 5.97 Å². The van der Waals surface area contributed by atoms with Crippen LogP contribution in [0.2, 0.25) is 0 Å². The van der Waals surface area contributed by atoms with E-state index < -0.39 is 5.97 Å². The number of rotatable bonds is 22. The van der Waals surface area contributed by atoms with Crippen molar-refractivity contribution in [2.45, 2.75) is 117 Å². The van der Waals surface area contributed by atoms with Crippen molar-refractivity contribution in [2.75, 3.05) is 19.6 Å². The van der Waals surface area contributed by atoms with Crippen LogP contribution in [0.25, 0.3) is 0 Å². The number of hydrogen-bond donors (Lipinski definition) is 0. The van der Waals surface area contributed by atoms with E-state index in [9.17, 15) is 9.90 Å². The SMILES string of the molecule is CCCC/C=C/CCCCCCN(CCCCCC/C=C/CCCC)CC(=O)[O-].[Li+]. The molecule has 30 heavy (non-hydrogen) atoms. The first-order chi connectivity index (χ1) is 14.2. The summed E-state index contributed by atoms with van der Waals surface area (Å²) >= 11 is 0. The van der Waals surface area contributed by atoms with Gasteiger partial charge >= 0.3 is 18.9 Å². The van der Waals surface area contributed by atoms with Gasteiger partial charge in [0.25, 0.3) is 0 Å². The van der Waals surface area contributed by atoms with Crippen LogP contribution in [-0.4, -0.2) is 30.5 Å². The summed E-state index contributed by atoms with van der Waals surface area (Å²) in [7, 11) is 0. The van der Waals surface area contributed by atoms with Crippen molar-refractivity contribution < 1.29 is 28.8 Å². The Balaban J connectivity index is 0. The zero-order valence-corrected chi connectivity index (χ0v) is 20.5. The molecular weight excluding hydrogens is 365 g/mol. The number of allylic oxidation sites excluding steroid dienone is 4. The topological polar surface area (TPSA) is 43.4 Å². The third-order valence-corrected chi connectivity index (χ3v) is 5.32. The van der Waals surface area contributed by atoms with Gasteiger partial charge < -0.3 is 9.90 Å². The van der Waals surface area contributed by atoms with Gasteiger partial charge in [-0.05, 0) is 64.5 Å². The smallest absolute Gasteiger partial charge is 0.549 e. The zero-order valence-electron chi connectivity index (χ0n) is 20.5. The monoisotopic (exact) mass is 413 g/mol. The number of unbranched alkanes of at least 4 members (excludes halogenated alkanes) is 12. The number of carbonyl (C=O) groups is 1. The molecule has 0 heterocycles.